The van der Waals surface area contributed by atoms with E-state index in [4.69, 9.17) is 0 Å². The second-order valence-corrected chi connectivity index (χ2v) is 6.51. The van der Waals surface area contributed by atoms with Crippen LogP contribution >= 0.6 is 0 Å². The van der Waals surface area contributed by atoms with Crippen molar-refractivity contribution in [1.82, 2.24) is 25.1 Å². The summed E-state index contributed by atoms with van der Waals surface area (Å²) in [5.41, 5.74) is 2.71. The molecule has 7 nitrogen and oxygen atoms in total. The number of aliphatic hydroxyl groups excluding tert-OH is 1. The maximum absolute atomic E-state index is 12.9. The Balaban J connectivity index is 1.64. The lowest BCUT2D eigenvalue weighted by Crippen LogP contribution is -2.41. The number of para-hydroxylation sites is 1. The van der Waals surface area contributed by atoms with Crippen LogP contribution in [0, 0.1) is 5.92 Å². The molecule has 2 heterocycles. The quantitative estimate of drug-likeness (QED) is 0.754. The van der Waals surface area contributed by atoms with Crippen LogP contribution in [-0.2, 0) is 7.05 Å². The Morgan fingerprint density at radius 2 is 2.12 bits per heavy atom. The molecule has 1 aliphatic rings. The van der Waals surface area contributed by atoms with Gasteiger partial charge in [0.2, 0.25) is 0 Å². The molecule has 0 aliphatic heterocycles. The minimum Gasteiger partial charge on any atom is -0.393 e. The predicted molar refractivity (Wildman–Crippen MR) is 91.7 cm³/mol. The smallest absolute Gasteiger partial charge is 0.254 e. The fourth-order valence-electron chi connectivity index (χ4n) is 3.37. The zero-order valence-electron chi connectivity index (χ0n) is 13.8. The van der Waals surface area contributed by atoms with E-state index in [0.29, 0.717) is 29.4 Å². The zero-order chi connectivity index (χ0) is 17.4. The van der Waals surface area contributed by atoms with E-state index in [1.807, 2.05) is 19.3 Å². The SMILES string of the molecule is Cn1cc(C(NC(=O)c2cccc3nccnc23)C2CC(O)C2)cn1. The highest BCUT2D eigenvalue weighted by molar-refractivity contribution is 6.04. The highest BCUT2D eigenvalue weighted by Crippen LogP contribution is 2.38. The summed E-state index contributed by atoms with van der Waals surface area (Å²) in [6.45, 7) is 0. The van der Waals surface area contributed by atoms with E-state index in [0.717, 1.165) is 5.56 Å². The number of aliphatic hydroxyl groups is 1. The van der Waals surface area contributed by atoms with Gasteiger partial charge in [-0.3, -0.25) is 19.4 Å². The van der Waals surface area contributed by atoms with Crippen LogP contribution in [0.5, 0.6) is 0 Å². The number of aromatic nitrogens is 4. The standard InChI is InChI=1S/C18H19N5O2/c1-23-10-12(9-21-23)16(11-7-13(24)8-11)22-18(25)14-3-2-4-15-17(14)20-6-5-19-15/h2-6,9-11,13,16,24H,7-8H2,1H3,(H,22,25). The second-order valence-electron chi connectivity index (χ2n) is 6.51. The number of benzene rings is 1. The van der Waals surface area contributed by atoms with Crippen LogP contribution in [0.4, 0.5) is 0 Å². The Kier molecular flexibility index (Phi) is 3.93. The summed E-state index contributed by atoms with van der Waals surface area (Å²) >= 11 is 0. The van der Waals surface area contributed by atoms with Crippen LogP contribution in [0.15, 0.2) is 43.0 Å². The number of carbonyl (C=O) groups is 1. The molecule has 1 aliphatic carbocycles. The third-order valence-electron chi connectivity index (χ3n) is 4.73. The van der Waals surface area contributed by atoms with Gasteiger partial charge in [-0.1, -0.05) is 6.07 Å². The number of nitrogens with one attached hydrogen (secondary N) is 1. The molecule has 2 aromatic heterocycles. The van der Waals surface area contributed by atoms with Crippen LogP contribution < -0.4 is 5.32 Å². The Bertz CT molecular complexity index is 911. The maximum atomic E-state index is 12.9. The molecule has 7 heteroatoms. The largest absolute Gasteiger partial charge is 0.393 e. The molecule has 1 atom stereocenters. The van der Waals surface area contributed by atoms with E-state index in [9.17, 15) is 9.90 Å². The molecular formula is C18H19N5O2. The molecule has 0 bridgehead atoms. The van der Waals surface area contributed by atoms with Gasteiger partial charge in [-0.05, 0) is 30.9 Å². The van der Waals surface area contributed by atoms with Crippen LogP contribution in [0.2, 0.25) is 0 Å². The fraction of sp³-hybridized carbons (Fsp3) is 0.333. The molecule has 1 saturated carbocycles. The summed E-state index contributed by atoms with van der Waals surface area (Å²) in [4.78, 5) is 21.5. The number of nitrogens with zero attached hydrogens (tertiary/aromatic N) is 4. The van der Waals surface area contributed by atoms with Gasteiger partial charge in [0.25, 0.3) is 5.91 Å². The van der Waals surface area contributed by atoms with Crippen LogP contribution in [0.1, 0.15) is 34.8 Å². The number of carbonyl (C=O) groups excluding carboxylic acids is 1. The third-order valence-corrected chi connectivity index (χ3v) is 4.73. The summed E-state index contributed by atoms with van der Waals surface area (Å²) in [5, 5.41) is 17.0. The normalized spacial score (nSPS) is 20.9. The van der Waals surface area contributed by atoms with Gasteiger partial charge >= 0.3 is 0 Å². The first-order valence-electron chi connectivity index (χ1n) is 8.29. The molecule has 1 unspecified atom stereocenters. The van der Waals surface area contributed by atoms with Gasteiger partial charge in [-0.2, -0.15) is 5.10 Å². The Morgan fingerprint density at radius 3 is 2.84 bits per heavy atom. The first-order valence-corrected chi connectivity index (χ1v) is 8.29. The van der Waals surface area contributed by atoms with E-state index in [-0.39, 0.29) is 24.0 Å². The monoisotopic (exact) mass is 337 g/mol. The van der Waals surface area contributed by atoms with Crippen LogP contribution in [0.25, 0.3) is 11.0 Å². The lowest BCUT2D eigenvalue weighted by molar-refractivity contribution is 0.0235. The maximum Gasteiger partial charge on any atom is 0.254 e. The van der Waals surface area contributed by atoms with Crippen molar-refractivity contribution in [3.05, 3.63) is 54.1 Å². The van der Waals surface area contributed by atoms with Gasteiger partial charge in [-0.15, -0.1) is 0 Å². The Labute approximate surface area is 144 Å². The van der Waals surface area contributed by atoms with Crippen LogP contribution in [-0.4, -0.2) is 36.9 Å². The highest BCUT2D eigenvalue weighted by Gasteiger charge is 2.36. The summed E-state index contributed by atoms with van der Waals surface area (Å²) in [5.74, 6) is 0.00514. The van der Waals surface area contributed by atoms with E-state index in [1.165, 1.54) is 0 Å². The van der Waals surface area contributed by atoms with Gasteiger partial charge < -0.3 is 10.4 Å². The van der Waals surface area contributed by atoms with E-state index in [1.54, 1.807) is 35.4 Å². The van der Waals surface area contributed by atoms with Crippen molar-refractivity contribution in [2.75, 3.05) is 0 Å². The van der Waals surface area contributed by atoms with E-state index >= 15 is 0 Å². The van der Waals surface area contributed by atoms with Gasteiger partial charge in [0.15, 0.2) is 0 Å². The zero-order valence-corrected chi connectivity index (χ0v) is 13.8. The van der Waals surface area contributed by atoms with Gasteiger partial charge in [0.1, 0.15) is 5.52 Å². The molecule has 1 amide bonds. The summed E-state index contributed by atoms with van der Waals surface area (Å²) in [7, 11) is 1.85. The fourth-order valence-corrected chi connectivity index (χ4v) is 3.37. The minimum absolute atomic E-state index is 0.184. The molecule has 4 rings (SSSR count). The summed E-state index contributed by atoms with van der Waals surface area (Å²) in [6.07, 6.45) is 7.92. The lowest BCUT2D eigenvalue weighted by atomic mass is 9.75. The number of fused-ring (bicyclic) bond motifs is 1. The predicted octanol–water partition coefficient (Wildman–Crippen LogP) is 1.61. The van der Waals surface area contributed by atoms with Crippen molar-refractivity contribution in [2.45, 2.75) is 25.0 Å². The topological polar surface area (TPSA) is 92.9 Å². The molecule has 25 heavy (non-hydrogen) atoms. The van der Waals surface area contributed by atoms with Crippen molar-refractivity contribution in [2.24, 2.45) is 13.0 Å². The molecule has 3 aromatic rings. The van der Waals surface area contributed by atoms with Crippen molar-refractivity contribution in [1.29, 1.82) is 0 Å². The van der Waals surface area contributed by atoms with Gasteiger partial charge in [-0.25, -0.2) is 0 Å². The second kappa shape index (κ2) is 6.25. The summed E-state index contributed by atoms with van der Waals surface area (Å²) in [6, 6.07) is 5.21. The molecule has 0 radical (unpaired) electrons. The Morgan fingerprint density at radius 1 is 1.32 bits per heavy atom. The average Bonchev–Trinajstić information content (AvgIpc) is 3.02. The Hall–Kier alpha value is -2.80. The molecule has 0 saturated heterocycles. The number of aryl methyl sites for hydroxylation is 1. The molecule has 1 fully saturated rings. The molecule has 2 N–H and O–H groups in total. The summed E-state index contributed by atoms with van der Waals surface area (Å²) < 4.78 is 1.72. The lowest BCUT2D eigenvalue weighted by Gasteiger charge is -2.37. The van der Waals surface area contributed by atoms with Gasteiger partial charge in [0, 0.05) is 31.2 Å². The van der Waals surface area contributed by atoms with Gasteiger partial charge in [0.05, 0.1) is 29.4 Å². The first kappa shape index (κ1) is 15.7. The van der Waals surface area contributed by atoms with Crippen molar-refractivity contribution in [3.8, 4) is 0 Å². The molecule has 1 aromatic carbocycles. The number of hydrogen-bond donors (Lipinski definition) is 2. The molecule has 128 valence electrons. The van der Waals surface area contributed by atoms with E-state index in [2.05, 4.69) is 20.4 Å². The van der Waals surface area contributed by atoms with Crippen molar-refractivity contribution >= 4 is 16.9 Å². The number of amides is 1. The molecule has 0 spiro atoms. The van der Waals surface area contributed by atoms with Crippen LogP contribution in [0.3, 0.4) is 0 Å². The van der Waals surface area contributed by atoms with Crippen molar-refractivity contribution < 1.29 is 9.90 Å². The third kappa shape index (κ3) is 2.98. The van der Waals surface area contributed by atoms with Crippen molar-refractivity contribution in [3.63, 3.8) is 0 Å². The first-order chi connectivity index (χ1) is 12.1. The number of hydrogen-bond acceptors (Lipinski definition) is 5. The van der Waals surface area contributed by atoms with E-state index < -0.39 is 0 Å². The average molecular weight is 337 g/mol. The minimum atomic E-state index is -0.288. The number of rotatable bonds is 4. The molecular weight excluding hydrogens is 318 g/mol. The highest BCUT2D eigenvalue weighted by atomic mass is 16.3.